The number of hydrogen-bond donors (Lipinski definition) is 1. The molecule has 0 aromatic heterocycles. The second kappa shape index (κ2) is 6.54. The molecule has 5 heteroatoms. The first-order chi connectivity index (χ1) is 10.0. The molecule has 0 aliphatic rings. The quantitative estimate of drug-likeness (QED) is 0.915. The number of rotatable bonds is 5. The third kappa shape index (κ3) is 3.70. The topological polar surface area (TPSA) is 38.7 Å². The molecule has 0 unspecified atom stereocenters. The van der Waals surface area contributed by atoms with Gasteiger partial charge in [-0.05, 0) is 36.8 Å². The zero-order chi connectivity index (χ0) is 15.4. The summed E-state index contributed by atoms with van der Waals surface area (Å²) in [4.78, 5) is 0. The Balaban J connectivity index is 2.09. The van der Waals surface area contributed by atoms with Gasteiger partial charge in [0.2, 0.25) is 0 Å². The number of aliphatic hydroxyl groups excluding tert-OH is 1. The number of hydrogen-bond acceptors (Lipinski definition) is 3. The lowest BCUT2D eigenvalue weighted by Gasteiger charge is -2.11. The van der Waals surface area contributed by atoms with Gasteiger partial charge in [0.1, 0.15) is 18.2 Å². The predicted octanol–water partition coefficient (Wildman–Crippen LogP) is 3.61. The van der Waals surface area contributed by atoms with Crippen LogP contribution in [0.25, 0.3) is 0 Å². The van der Waals surface area contributed by atoms with Crippen molar-refractivity contribution in [1.82, 2.24) is 0 Å². The summed E-state index contributed by atoms with van der Waals surface area (Å²) in [7, 11) is 1.45. The minimum absolute atomic E-state index is 0.00891. The number of ether oxygens (including phenoxy) is 2. The van der Waals surface area contributed by atoms with Crippen LogP contribution < -0.4 is 9.47 Å². The van der Waals surface area contributed by atoms with Crippen LogP contribution in [0.3, 0.4) is 0 Å². The van der Waals surface area contributed by atoms with Gasteiger partial charge in [-0.3, -0.25) is 0 Å². The number of methoxy groups -OCH3 is 1. The van der Waals surface area contributed by atoms with Gasteiger partial charge < -0.3 is 14.6 Å². The van der Waals surface area contributed by atoms with Gasteiger partial charge in [-0.25, -0.2) is 8.78 Å². The van der Waals surface area contributed by atoms with Gasteiger partial charge in [0.05, 0.1) is 13.2 Å². The zero-order valence-corrected chi connectivity index (χ0v) is 11.8. The average Bonchev–Trinajstić information content (AvgIpc) is 2.46. The molecule has 2 rings (SSSR count). The Morgan fingerprint density at radius 2 is 1.86 bits per heavy atom. The van der Waals surface area contributed by atoms with Crippen molar-refractivity contribution in [2.24, 2.45) is 0 Å². The summed E-state index contributed by atoms with van der Waals surface area (Å²) in [6.45, 7) is 1.45. The molecule has 21 heavy (non-hydrogen) atoms. The Morgan fingerprint density at radius 3 is 2.43 bits per heavy atom. The Morgan fingerprint density at radius 1 is 1.10 bits per heavy atom. The van der Waals surface area contributed by atoms with Crippen molar-refractivity contribution >= 4 is 0 Å². The van der Waals surface area contributed by atoms with Crippen LogP contribution in [-0.4, -0.2) is 12.2 Å². The molecule has 0 fully saturated rings. The summed E-state index contributed by atoms with van der Waals surface area (Å²) in [5.41, 5.74) is 0.755. The zero-order valence-electron chi connectivity index (χ0n) is 11.8. The van der Waals surface area contributed by atoms with Crippen LogP contribution in [0.1, 0.15) is 24.2 Å². The summed E-state index contributed by atoms with van der Waals surface area (Å²) in [5, 5.41) is 9.36. The average molecular weight is 294 g/mol. The molecule has 0 saturated carbocycles. The van der Waals surface area contributed by atoms with Gasteiger partial charge in [0.25, 0.3) is 0 Å². The summed E-state index contributed by atoms with van der Waals surface area (Å²) in [6, 6.07) is 8.55. The maximum atomic E-state index is 13.8. The molecule has 0 spiro atoms. The molecule has 0 radical (unpaired) electrons. The van der Waals surface area contributed by atoms with Gasteiger partial charge in [0, 0.05) is 11.6 Å². The van der Waals surface area contributed by atoms with Crippen LogP contribution in [-0.2, 0) is 6.61 Å². The third-order valence-electron chi connectivity index (χ3n) is 3.08. The lowest BCUT2D eigenvalue weighted by atomic mass is 10.1. The molecule has 112 valence electrons. The van der Waals surface area contributed by atoms with Crippen LogP contribution in [0.15, 0.2) is 36.4 Å². The summed E-state index contributed by atoms with van der Waals surface area (Å²) < 4.78 is 37.7. The van der Waals surface area contributed by atoms with E-state index in [1.54, 1.807) is 19.1 Å². The van der Waals surface area contributed by atoms with Gasteiger partial charge >= 0.3 is 0 Å². The largest absolute Gasteiger partial charge is 0.497 e. The van der Waals surface area contributed by atoms with Crippen LogP contribution >= 0.6 is 0 Å². The Kier molecular flexibility index (Phi) is 4.75. The van der Waals surface area contributed by atoms with E-state index in [9.17, 15) is 13.9 Å². The SMILES string of the molecule is COc1ccc(COc2ccc([C@@H](C)O)cc2F)c(F)c1. The van der Waals surface area contributed by atoms with Crippen molar-refractivity contribution < 1.29 is 23.4 Å². The lowest BCUT2D eigenvalue weighted by molar-refractivity contribution is 0.198. The second-order valence-electron chi connectivity index (χ2n) is 4.61. The fourth-order valence-corrected chi connectivity index (χ4v) is 1.82. The first-order valence-corrected chi connectivity index (χ1v) is 6.44. The number of halogens is 2. The van der Waals surface area contributed by atoms with Gasteiger partial charge in [-0.15, -0.1) is 0 Å². The fraction of sp³-hybridized carbons (Fsp3) is 0.250. The highest BCUT2D eigenvalue weighted by atomic mass is 19.1. The Hall–Kier alpha value is -2.14. The van der Waals surface area contributed by atoms with Gasteiger partial charge in [-0.2, -0.15) is 0 Å². The smallest absolute Gasteiger partial charge is 0.165 e. The highest BCUT2D eigenvalue weighted by molar-refractivity contribution is 5.32. The fourth-order valence-electron chi connectivity index (χ4n) is 1.82. The van der Waals surface area contributed by atoms with Crippen molar-refractivity contribution in [3.05, 3.63) is 59.2 Å². The van der Waals surface area contributed by atoms with E-state index in [1.165, 1.54) is 31.4 Å². The van der Waals surface area contributed by atoms with Crippen LogP contribution in [0.2, 0.25) is 0 Å². The molecule has 1 N–H and O–H groups in total. The molecular formula is C16H16F2O3. The Bertz CT molecular complexity index is 627. The van der Waals surface area contributed by atoms with E-state index >= 15 is 0 Å². The molecule has 0 aliphatic heterocycles. The van der Waals surface area contributed by atoms with E-state index in [0.717, 1.165) is 0 Å². The molecule has 0 aliphatic carbocycles. The molecule has 0 bridgehead atoms. The van der Waals surface area contributed by atoms with Crippen molar-refractivity contribution in [2.45, 2.75) is 19.6 Å². The minimum atomic E-state index is -0.757. The van der Waals surface area contributed by atoms with E-state index in [4.69, 9.17) is 9.47 Å². The standard InChI is InChI=1S/C16H16F2O3/c1-10(19)11-4-6-16(15(18)7-11)21-9-12-3-5-13(20-2)8-14(12)17/h3-8,10,19H,9H2,1-2H3/t10-/m1/s1. The molecular weight excluding hydrogens is 278 g/mol. The lowest BCUT2D eigenvalue weighted by Crippen LogP contribution is -2.01. The van der Waals surface area contributed by atoms with E-state index in [2.05, 4.69) is 0 Å². The predicted molar refractivity (Wildman–Crippen MR) is 74.3 cm³/mol. The maximum absolute atomic E-state index is 13.8. The second-order valence-corrected chi connectivity index (χ2v) is 4.61. The minimum Gasteiger partial charge on any atom is -0.497 e. The van der Waals surface area contributed by atoms with Gasteiger partial charge in [0.15, 0.2) is 11.6 Å². The van der Waals surface area contributed by atoms with E-state index in [1.807, 2.05) is 0 Å². The van der Waals surface area contributed by atoms with Gasteiger partial charge in [-0.1, -0.05) is 6.07 Å². The molecule has 0 saturated heterocycles. The summed E-state index contributed by atoms with van der Waals surface area (Å²) >= 11 is 0. The van der Waals surface area contributed by atoms with E-state index in [0.29, 0.717) is 16.9 Å². The Labute approximate surface area is 121 Å². The first kappa shape index (κ1) is 15.3. The summed E-state index contributed by atoms with van der Waals surface area (Å²) in [5.74, 6) is -0.656. The van der Waals surface area contributed by atoms with Crippen LogP contribution in [0.5, 0.6) is 11.5 Å². The monoisotopic (exact) mass is 294 g/mol. The molecule has 0 heterocycles. The maximum Gasteiger partial charge on any atom is 0.165 e. The summed E-state index contributed by atoms with van der Waals surface area (Å²) in [6.07, 6.45) is -0.757. The molecule has 1 atom stereocenters. The number of benzene rings is 2. The van der Waals surface area contributed by atoms with Crippen molar-refractivity contribution in [1.29, 1.82) is 0 Å². The number of aliphatic hydroxyl groups is 1. The van der Waals surface area contributed by atoms with Crippen LogP contribution in [0.4, 0.5) is 8.78 Å². The van der Waals surface area contributed by atoms with E-state index < -0.39 is 17.7 Å². The van der Waals surface area contributed by atoms with E-state index in [-0.39, 0.29) is 12.4 Å². The van der Waals surface area contributed by atoms with Crippen molar-refractivity contribution in [2.75, 3.05) is 7.11 Å². The molecule has 2 aromatic rings. The first-order valence-electron chi connectivity index (χ1n) is 6.44. The van der Waals surface area contributed by atoms with Crippen molar-refractivity contribution in [3.8, 4) is 11.5 Å². The highest BCUT2D eigenvalue weighted by Gasteiger charge is 2.10. The molecule has 0 amide bonds. The van der Waals surface area contributed by atoms with Crippen LogP contribution in [0, 0.1) is 11.6 Å². The third-order valence-corrected chi connectivity index (χ3v) is 3.08. The molecule has 3 nitrogen and oxygen atoms in total. The highest BCUT2D eigenvalue weighted by Crippen LogP contribution is 2.24. The van der Waals surface area contributed by atoms with Crippen molar-refractivity contribution in [3.63, 3.8) is 0 Å². The normalized spacial score (nSPS) is 12.0. The molecule has 2 aromatic carbocycles.